The molecule has 0 aliphatic rings. The molecule has 0 aliphatic heterocycles. The summed E-state index contributed by atoms with van der Waals surface area (Å²) in [5.74, 6) is 0.619. The highest BCUT2D eigenvalue weighted by molar-refractivity contribution is 7.92. The topological polar surface area (TPSA) is 84.9 Å². The lowest BCUT2D eigenvalue weighted by Gasteiger charge is -2.26. The van der Waals surface area contributed by atoms with Crippen LogP contribution in [0.5, 0.6) is 11.5 Å². The summed E-state index contributed by atoms with van der Waals surface area (Å²) in [4.78, 5) is 12.9. The van der Waals surface area contributed by atoms with Crippen molar-refractivity contribution >= 4 is 21.6 Å². The second-order valence-electron chi connectivity index (χ2n) is 7.70. The summed E-state index contributed by atoms with van der Waals surface area (Å²) >= 11 is 0. The van der Waals surface area contributed by atoms with Crippen molar-refractivity contribution in [3.05, 3.63) is 83.9 Å². The highest BCUT2D eigenvalue weighted by atomic mass is 32.2. The van der Waals surface area contributed by atoms with Crippen molar-refractivity contribution < 1.29 is 22.7 Å². The van der Waals surface area contributed by atoms with E-state index in [1.165, 1.54) is 24.8 Å². The standard InChI is InChI=1S/C26H30N2O5S/c1-4-21-11-13-22(14-12-21)33-17-16-27-26(29)19-28(24-18-20(2)10-15-25(24)32-3)34(30,31)23-8-6-5-7-9-23/h5-15,18H,4,16-17,19H2,1-3H3,(H,27,29). The van der Waals surface area contributed by atoms with Crippen LogP contribution in [0.25, 0.3) is 0 Å². The molecule has 0 spiro atoms. The molecule has 1 N–H and O–H groups in total. The Morgan fingerprint density at radius 1 is 1.00 bits per heavy atom. The first-order valence-electron chi connectivity index (χ1n) is 11.1. The number of sulfonamides is 1. The summed E-state index contributed by atoms with van der Waals surface area (Å²) in [6.45, 7) is 4.02. The number of nitrogens with one attached hydrogen (secondary N) is 1. The first-order chi connectivity index (χ1) is 16.3. The van der Waals surface area contributed by atoms with Gasteiger partial charge in [0.05, 0.1) is 24.2 Å². The van der Waals surface area contributed by atoms with Crippen LogP contribution in [0.1, 0.15) is 18.1 Å². The van der Waals surface area contributed by atoms with E-state index >= 15 is 0 Å². The summed E-state index contributed by atoms with van der Waals surface area (Å²) in [6, 6.07) is 21.0. The van der Waals surface area contributed by atoms with Crippen molar-refractivity contribution in [2.75, 3.05) is 31.1 Å². The number of rotatable bonds is 11. The number of methoxy groups -OCH3 is 1. The third-order valence-corrected chi connectivity index (χ3v) is 7.02. The maximum Gasteiger partial charge on any atom is 0.264 e. The highest BCUT2D eigenvalue weighted by Gasteiger charge is 2.29. The molecule has 0 heterocycles. The van der Waals surface area contributed by atoms with Gasteiger partial charge in [0.15, 0.2) is 0 Å². The van der Waals surface area contributed by atoms with Crippen molar-refractivity contribution in [1.29, 1.82) is 0 Å². The van der Waals surface area contributed by atoms with Gasteiger partial charge in [-0.15, -0.1) is 0 Å². The molecule has 8 heteroatoms. The van der Waals surface area contributed by atoms with Gasteiger partial charge in [0.1, 0.15) is 24.7 Å². The monoisotopic (exact) mass is 482 g/mol. The van der Waals surface area contributed by atoms with Gasteiger partial charge in [0.25, 0.3) is 10.0 Å². The van der Waals surface area contributed by atoms with Gasteiger partial charge in [-0.05, 0) is 60.9 Å². The first kappa shape index (κ1) is 25.1. The van der Waals surface area contributed by atoms with Gasteiger partial charge in [0.2, 0.25) is 5.91 Å². The normalized spacial score (nSPS) is 11.0. The molecule has 0 saturated heterocycles. The van der Waals surface area contributed by atoms with E-state index < -0.39 is 22.5 Å². The van der Waals surface area contributed by atoms with E-state index in [4.69, 9.17) is 9.47 Å². The number of benzene rings is 3. The Hall–Kier alpha value is -3.52. The van der Waals surface area contributed by atoms with Crippen molar-refractivity contribution in [3.63, 3.8) is 0 Å². The van der Waals surface area contributed by atoms with Crippen molar-refractivity contribution in [1.82, 2.24) is 5.32 Å². The molecule has 3 aromatic carbocycles. The molecule has 7 nitrogen and oxygen atoms in total. The summed E-state index contributed by atoms with van der Waals surface area (Å²) < 4.78 is 39.1. The SMILES string of the molecule is CCc1ccc(OCCNC(=O)CN(c2cc(C)ccc2OC)S(=O)(=O)c2ccccc2)cc1. The van der Waals surface area contributed by atoms with Crippen LogP contribution in [0, 0.1) is 6.92 Å². The lowest BCUT2D eigenvalue weighted by molar-refractivity contribution is -0.119. The number of anilines is 1. The molecular formula is C26H30N2O5S. The van der Waals surface area contributed by atoms with Crippen LogP contribution < -0.4 is 19.1 Å². The minimum absolute atomic E-state index is 0.0882. The fourth-order valence-electron chi connectivity index (χ4n) is 3.38. The maximum atomic E-state index is 13.5. The van der Waals surface area contributed by atoms with Crippen molar-refractivity contribution in [2.24, 2.45) is 0 Å². The molecular weight excluding hydrogens is 452 g/mol. The van der Waals surface area contributed by atoms with Gasteiger partial charge in [-0.25, -0.2) is 8.42 Å². The molecule has 34 heavy (non-hydrogen) atoms. The number of aryl methyl sites for hydroxylation is 2. The second-order valence-corrected chi connectivity index (χ2v) is 9.56. The van der Waals surface area contributed by atoms with Gasteiger partial charge in [0, 0.05) is 0 Å². The first-order valence-corrected chi connectivity index (χ1v) is 12.5. The number of carbonyl (C=O) groups excluding carboxylic acids is 1. The molecule has 0 saturated carbocycles. The molecule has 3 aromatic rings. The molecule has 0 aromatic heterocycles. The molecule has 0 radical (unpaired) electrons. The van der Waals surface area contributed by atoms with E-state index in [0.29, 0.717) is 17.2 Å². The molecule has 1 amide bonds. The Bertz CT molecular complexity index is 1200. The summed E-state index contributed by atoms with van der Waals surface area (Å²) in [6.07, 6.45) is 0.949. The van der Waals surface area contributed by atoms with Crippen LogP contribution in [0.2, 0.25) is 0 Å². The minimum Gasteiger partial charge on any atom is -0.495 e. The maximum absolute atomic E-state index is 13.5. The van der Waals surface area contributed by atoms with E-state index in [0.717, 1.165) is 16.3 Å². The Kier molecular flexibility index (Phi) is 8.54. The fourth-order valence-corrected chi connectivity index (χ4v) is 4.83. The van der Waals surface area contributed by atoms with Crippen molar-refractivity contribution in [3.8, 4) is 11.5 Å². The largest absolute Gasteiger partial charge is 0.495 e. The zero-order valence-corrected chi connectivity index (χ0v) is 20.5. The minimum atomic E-state index is -4.02. The molecule has 0 bridgehead atoms. The lowest BCUT2D eigenvalue weighted by Crippen LogP contribution is -2.42. The smallest absolute Gasteiger partial charge is 0.264 e. The predicted molar refractivity (Wildman–Crippen MR) is 133 cm³/mol. The van der Waals surface area contributed by atoms with E-state index in [-0.39, 0.29) is 18.0 Å². The zero-order chi connectivity index (χ0) is 24.6. The van der Waals surface area contributed by atoms with E-state index in [1.807, 2.05) is 37.3 Å². The number of ether oxygens (including phenoxy) is 2. The van der Waals surface area contributed by atoms with Crippen LogP contribution in [0.4, 0.5) is 5.69 Å². The molecule has 3 rings (SSSR count). The third kappa shape index (κ3) is 6.29. The number of nitrogens with zero attached hydrogens (tertiary/aromatic N) is 1. The van der Waals surface area contributed by atoms with Crippen LogP contribution in [0.3, 0.4) is 0 Å². The van der Waals surface area contributed by atoms with Crippen LogP contribution >= 0.6 is 0 Å². The van der Waals surface area contributed by atoms with E-state index in [2.05, 4.69) is 12.2 Å². The molecule has 0 fully saturated rings. The average Bonchev–Trinajstić information content (AvgIpc) is 2.86. The van der Waals surface area contributed by atoms with Crippen LogP contribution in [-0.2, 0) is 21.2 Å². The Balaban J connectivity index is 1.74. The van der Waals surface area contributed by atoms with Gasteiger partial charge >= 0.3 is 0 Å². The van der Waals surface area contributed by atoms with Gasteiger partial charge in [-0.2, -0.15) is 0 Å². The van der Waals surface area contributed by atoms with E-state index in [9.17, 15) is 13.2 Å². The van der Waals surface area contributed by atoms with Crippen molar-refractivity contribution in [2.45, 2.75) is 25.2 Å². The molecule has 0 aliphatic carbocycles. The molecule has 0 unspecified atom stereocenters. The van der Waals surface area contributed by atoms with Crippen LogP contribution in [0.15, 0.2) is 77.7 Å². The summed E-state index contributed by atoms with van der Waals surface area (Å²) in [5.41, 5.74) is 2.35. The molecule has 0 atom stereocenters. The van der Waals surface area contributed by atoms with Gasteiger partial charge in [-0.3, -0.25) is 9.10 Å². The number of amides is 1. The molecule has 180 valence electrons. The van der Waals surface area contributed by atoms with Gasteiger partial charge < -0.3 is 14.8 Å². The third-order valence-electron chi connectivity index (χ3n) is 5.25. The number of hydrogen-bond acceptors (Lipinski definition) is 5. The quantitative estimate of drug-likeness (QED) is 0.418. The summed E-state index contributed by atoms with van der Waals surface area (Å²) in [7, 11) is -2.55. The Labute approximate surface area is 201 Å². The second kappa shape index (κ2) is 11.6. The average molecular weight is 483 g/mol. The fraction of sp³-hybridized carbons (Fsp3) is 0.269. The highest BCUT2D eigenvalue weighted by Crippen LogP contribution is 2.33. The summed E-state index contributed by atoms with van der Waals surface area (Å²) in [5, 5.41) is 2.74. The Morgan fingerprint density at radius 3 is 2.35 bits per heavy atom. The van der Waals surface area contributed by atoms with Crippen LogP contribution in [-0.4, -0.2) is 41.1 Å². The predicted octanol–water partition coefficient (Wildman–Crippen LogP) is 3.96. The number of hydrogen-bond donors (Lipinski definition) is 1. The zero-order valence-electron chi connectivity index (χ0n) is 19.7. The lowest BCUT2D eigenvalue weighted by atomic mass is 10.2. The Morgan fingerprint density at radius 2 is 1.71 bits per heavy atom. The van der Waals surface area contributed by atoms with E-state index in [1.54, 1.807) is 30.3 Å². The number of carbonyl (C=O) groups is 1. The van der Waals surface area contributed by atoms with Gasteiger partial charge in [-0.1, -0.05) is 43.3 Å².